The van der Waals surface area contributed by atoms with E-state index in [4.69, 9.17) is 9.47 Å². The van der Waals surface area contributed by atoms with Crippen LogP contribution in [-0.4, -0.2) is 139 Å². The van der Waals surface area contributed by atoms with E-state index in [1.807, 2.05) is 12.1 Å². The van der Waals surface area contributed by atoms with Gasteiger partial charge >= 0.3 is 0 Å². The lowest BCUT2D eigenvalue weighted by Gasteiger charge is -2.38. The number of carbonyl (C=O) groups excluding carboxylic acids is 2. The molecule has 0 aromatic heterocycles. The molecule has 4 aliphatic heterocycles. The molecule has 7 atom stereocenters. The number of fused-ring (bicyclic) bond motifs is 7. The van der Waals surface area contributed by atoms with Crippen molar-refractivity contribution in [1.29, 1.82) is 0 Å². The number of hydrogen-bond acceptors (Lipinski definition) is 9. The van der Waals surface area contributed by atoms with Crippen molar-refractivity contribution in [2.45, 2.75) is 74.3 Å². The van der Waals surface area contributed by atoms with Gasteiger partial charge in [0.15, 0.2) is 0 Å². The van der Waals surface area contributed by atoms with Gasteiger partial charge in [-0.15, -0.1) is 0 Å². The van der Waals surface area contributed by atoms with Gasteiger partial charge < -0.3 is 29.9 Å². The lowest BCUT2D eigenvalue weighted by Crippen LogP contribution is -2.56. The monoisotopic (exact) mass is 578 g/mol. The Bertz CT molecular complexity index is 1220. The van der Waals surface area contributed by atoms with Gasteiger partial charge in [0.05, 0.1) is 37.5 Å². The highest BCUT2D eigenvalue weighted by Crippen LogP contribution is 2.32. The Hall–Kier alpha value is -2.13. The number of likely N-dealkylation sites (tertiary alicyclic amines) is 1. The first-order valence-electron chi connectivity index (χ1n) is 14.1. The summed E-state index contributed by atoms with van der Waals surface area (Å²) >= 11 is 0. The standard InChI is InChI=1S/C27H38N4O8S/c1-40(36,37)30-14-20-13-29(6-7-38-20)27(35)21-10-18(12-31(21)19-8-16-4-2-3-5-17(16)9-19)28-24(32)11-22-25(33)26(34)23(15-30)39-22/h2-5,18-23,25-26,33-34H,6-15H2,1H3,(H,28,32)/t18-,20-,21-,22-,23+,25-,26+/m0/s1. The highest BCUT2D eigenvalue weighted by molar-refractivity contribution is 7.88. The average Bonchev–Trinajstić information content (AvgIpc) is 3.59. The Kier molecular flexibility index (Phi) is 7.66. The minimum absolute atomic E-state index is 0.0224. The third-order valence-corrected chi connectivity index (χ3v) is 10.3. The molecule has 4 fully saturated rings. The smallest absolute Gasteiger partial charge is 0.240 e. The molecule has 0 spiro atoms. The topological polar surface area (TPSA) is 149 Å². The van der Waals surface area contributed by atoms with Crippen molar-refractivity contribution in [3.63, 3.8) is 0 Å². The second-order valence-electron chi connectivity index (χ2n) is 11.8. The number of aliphatic hydroxyl groups is 2. The van der Waals surface area contributed by atoms with Gasteiger partial charge in [-0.25, -0.2) is 8.42 Å². The second-order valence-corrected chi connectivity index (χ2v) is 13.8. The van der Waals surface area contributed by atoms with E-state index in [-0.39, 0.29) is 56.6 Å². The zero-order chi connectivity index (χ0) is 28.2. The van der Waals surface area contributed by atoms with Gasteiger partial charge in [0.2, 0.25) is 21.8 Å². The Morgan fingerprint density at radius 3 is 2.35 bits per heavy atom. The fourth-order valence-electron chi connectivity index (χ4n) is 7.01. The largest absolute Gasteiger partial charge is 0.388 e. The number of aliphatic hydroxyl groups excluding tert-OH is 2. The van der Waals surface area contributed by atoms with E-state index in [1.54, 1.807) is 4.90 Å². The molecule has 40 heavy (non-hydrogen) atoms. The number of nitrogens with one attached hydrogen (secondary N) is 1. The molecule has 0 unspecified atom stereocenters. The van der Waals surface area contributed by atoms with Crippen molar-refractivity contribution in [3.05, 3.63) is 35.4 Å². The lowest BCUT2D eigenvalue weighted by molar-refractivity contribution is -0.144. The van der Waals surface area contributed by atoms with Gasteiger partial charge in [-0.2, -0.15) is 4.31 Å². The number of amides is 2. The van der Waals surface area contributed by atoms with Gasteiger partial charge in [-0.05, 0) is 30.4 Å². The Morgan fingerprint density at radius 2 is 1.65 bits per heavy atom. The summed E-state index contributed by atoms with van der Waals surface area (Å²) in [4.78, 5) is 31.0. The third-order valence-electron chi connectivity index (χ3n) is 9.05. The fourth-order valence-corrected chi connectivity index (χ4v) is 7.87. The lowest BCUT2D eigenvalue weighted by atomic mass is 10.0. The molecule has 1 aromatic rings. The Morgan fingerprint density at radius 1 is 0.950 bits per heavy atom. The van der Waals surface area contributed by atoms with Gasteiger partial charge in [-0.3, -0.25) is 14.5 Å². The van der Waals surface area contributed by atoms with Crippen molar-refractivity contribution >= 4 is 21.8 Å². The van der Waals surface area contributed by atoms with E-state index in [0.29, 0.717) is 19.5 Å². The number of benzene rings is 1. The normalized spacial score (nSPS) is 36.6. The number of carbonyl (C=O) groups is 2. The summed E-state index contributed by atoms with van der Waals surface area (Å²) < 4.78 is 38.2. The van der Waals surface area contributed by atoms with E-state index >= 15 is 0 Å². The Balaban J connectivity index is 1.28. The van der Waals surface area contributed by atoms with Crippen LogP contribution in [0.15, 0.2) is 24.3 Å². The van der Waals surface area contributed by atoms with Crippen LogP contribution >= 0.6 is 0 Å². The minimum Gasteiger partial charge on any atom is -0.388 e. The molecule has 0 saturated carbocycles. The van der Waals surface area contributed by atoms with Crippen LogP contribution in [0.1, 0.15) is 24.0 Å². The molecular weight excluding hydrogens is 540 g/mol. The summed E-state index contributed by atoms with van der Waals surface area (Å²) in [5.74, 6) is -0.378. The molecule has 4 heterocycles. The maximum Gasteiger partial charge on any atom is 0.240 e. The first-order valence-corrected chi connectivity index (χ1v) is 15.9. The van der Waals surface area contributed by atoms with E-state index in [1.165, 1.54) is 11.1 Å². The van der Waals surface area contributed by atoms with Gasteiger partial charge in [-0.1, -0.05) is 24.3 Å². The highest BCUT2D eigenvalue weighted by atomic mass is 32.2. The molecule has 2 amide bonds. The molecule has 3 N–H and O–H groups in total. The molecular formula is C27H38N4O8S. The van der Waals surface area contributed by atoms with Gasteiger partial charge in [0.1, 0.15) is 18.3 Å². The van der Waals surface area contributed by atoms with Crippen molar-refractivity contribution in [1.82, 2.24) is 19.4 Å². The molecule has 5 aliphatic rings. The number of nitrogens with zero attached hydrogens (tertiary/aromatic N) is 3. The maximum absolute atomic E-state index is 14.0. The van der Waals surface area contributed by atoms with Crippen LogP contribution in [0.5, 0.6) is 0 Å². The summed E-state index contributed by atoms with van der Waals surface area (Å²) in [6.07, 6.45) is -2.23. The number of hydrogen-bond donors (Lipinski definition) is 3. The molecule has 13 heteroatoms. The summed E-state index contributed by atoms with van der Waals surface area (Å²) in [5, 5.41) is 24.3. The number of rotatable bonds is 2. The summed E-state index contributed by atoms with van der Waals surface area (Å²) in [6, 6.07) is 7.74. The SMILES string of the molecule is CS(=O)(=O)N1C[C@@H]2CN(CCO2)C(=O)[C@@H]2C[C@@H](CN2C2Cc3ccccc3C2)NC(=O)C[C@@H]2O[C@H](C1)[C@@H](O)[C@H]2O. The van der Waals surface area contributed by atoms with Crippen molar-refractivity contribution in [2.75, 3.05) is 45.6 Å². The van der Waals surface area contributed by atoms with Crippen LogP contribution in [0.2, 0.25) is 0 Å². The summed E-state index contributed by atoms with van der Waals surface area (Å²) in [7, 11) is -3.74. The third kappa shape index (κ3) is 5.52. The van der Waals surface area contributed by atoms with Crippen LogP contribution in [-0.2, 0) is 41.9 Å². The quantitative estimate of drug-likeness (QED) is 0.366. The number of ether oxygens (including phenoxy) is 2. The predicted molar refractivity (Wildman–Crippen MR) is 143 cm³/mol. The van der Waals surface area contributed by atoms with E-state index in [2.05, 4.69) is 22.3 Å². The molecule has 6 bridgehead atoms. The van der Waals surface area contributed by atoms with E-state index < -0.39 is 46.6 Å². The fraction of sp³-hybridized carbons (Fsp3) is 0.704. The van der Waals surface area contributed by atoms with Crippen LogP contribution in [0.4, 0.5) is 0 Å². The van der Waals surface area contributed by atoms with Crippen LogP contribution in [0.3, 0.4) is 0 Å². The van der Waals surface area contributed by atoms with Crippen LogP contribution < -0.4 is 5.32 Å². The van der Waals surface area contributed by atoms with Crippen LogP contribution in [0.25, 0.3) is 0 Å². The molecule has 6 rings (SSSR count). The van der Waals surface area contributed by atoms with Crippen molar-refractivity contribution in [2.24, 2.45) is 0 Å². The molecule has 1 aliphatic carbocycles. The Labute approximate surface area is 234 Å². The zero-order valence-electron chi connectivity index (χ0n) is 22.6. The van der Waals surface area contributed by atoms with Gasteiger partial charge in [0, 0.05) is 44.8 Å². The molecule has 1 aromatic carbocycles. The minimum atomic E-state index is -3.74. The average molecular weight is 579 g/mol. The highest BCUT2D eigenvalue weighted by Gasteiger charge is 2.48. The summed E-state index contributed by atoms with van der Waals surface area (Å²) in [6.45, 7) is 1.21. The predicted octanol–water partition coefficient (Wildman–Crippen LogP) is -1.91. The maximum atomic E-state index is 14.0. The second kappa shape index (κ2) is 10.9. The molecule has 0 radical (unpaired) electrons. The van der Waals surface area contributed by atoms with E-state index in [9.17, 15) is 28.2 Å². The molecule has 12 nitrogen and oxygen atoms in total. The zero-order valence-corrected chi connectivity index (χ0v) is 23.4. The summed E-state index contributed by atoms with van der Waals surface area (Å²) in [5.41, 5.74) is 2.55. The first-order chi connectivity index (χ1) is 19.1. The first kappa shape index (κ1) is 28.0. The van der Waals surface area contributed by atoms with Crippen LogP contribution in [0, 0.1) is 0 Å². The van der Waals surface area contributed by atoms with Crippen molar-refractivity contribution in [3.8, 4) is 0 Å². The molecule has 4 saturated heterocycles. The molecule has 220 valence electrons. The van der Waals surface area contributed by atoms with Gasteiger partial charge in [0.25, 0.3) is 0 Å². The number of morpholine rings is 1. The van der Waals surface area contributed by atoms with Crippen molar-refractivity contribution < 1.29 is 37.7 Å². The van der Waals surface area contributed by atoms with E-state index in [0.717, 1.165) is 23.4 Å². The number of sulfonamides is 1.